The molecule has 1 aliphatic rings. The summed E-state index contributed by atoms with van der Waals surface area (Å²) in [5, 5.41) is 0. The topological polar surface area (TPSA) is 54.8 Å². The second kappa shape index (κ2) is 14.8. The number of carbonyl (C=O) groups is 2. The molecule has 1 aromatic carbocycles. The monoisotopic (exact) mass is 495 g/mol. The van der Waals surface area contributed by atoms with E-state index in [-0.39, 0.29) is 18.4 Å². The van der Waals surface area contributed by atoms with Crippen molar-refractivity contribution in [3.63, 3.8) is 0 Å². The molecular weight excluding hydrogens is 450 g/mol. The predicted octanol–water partition coefficient (Wildman–Crippen LogP) is 5.42. The standard InChI is InChI=1S/C30H45N3O3/c1-4-5-17-32(23-28-14-9-18-31(28)22-27-13-8-10-25(2)21-27)30(35)24-33(19-20-36-3)29(34)16-15-26-11-6-7-12-26/h8-10,13-14,18,21,26H,4-7,11-12,15-17,19-20,22-24H2,1-3H3. The molecule has 198 valence electrons. The zero-order valence-electron chi connectivity index (χ0n) is 22.6. The molecule has 1 fully saturated rings. The zero-order valence-corrected chi connectivity index (χ0v) is 22.6. The van der Waals surface area contributed by atoms with Gasteiger partial charge in [0.05, 0.1) is 19.7 Å². The van der Waals surface area contributed by atoms with Crippen LogP contribution in [0.1, 0.15) is 75.1 Å². The van der Waals surface area contributed by atoms with E-state index in [1.165, 1.54) is 36.8 Å². The minimum absolute atomic E-state index is 0.0112. The summed E-state index contributed by atoms with van der Waals surface area (Å²) in [5.74, 6) is 0.749. The molecule has 2 amide bonds. The van der Waals surface area contributed by atoms with Crippen molar-refractivity contribution in [2.75, 3.05) is 33.4 Å². The van der Waals surface area contributed by atoms with Crippen LogP contribution >= 0.6 is 0 Å². The lowest BCUT2D eigenvalue weighted by Gasteiger charge is -2.28. The average molecular weight is 496 g/mol. The number of aromatic nitrogens is 1. The van der Waals surface area contributed by atoms with Gasteiger partial charge in [0.25, 0.3) is 0 Å². The Bertz CT molecular complexity index is 948. The molecule has 1 saturated carbocycles. The molecule has 0 saturated heterocycles. The summed E-state index contributed by atoms with van der Waals surface area (Å²) in [5.41, 5.74) is 3.60. The summed E-state index contributed by atoms with van der Waals surface area (Å²) >= 11 is 0. The number of benzene rings is 1. The average Bonchev–Trinajstić information content (AvgIpc) is 3.55. The summed E-state index contributed by atoms with van der Waals surface area (Å²) in [6.45, 7) is 7.28. The first-order chi connectivity index (χ1) is 17.5. The molecule has 3 rings (SSSR count). The summed E-state index contributed by atoms with van der Waals surface area (Å²) in [6.07, 6.45) is 10.5. The fourth-order valence-corrected chi connectivity index (χ4v) is 5.13. The largest absolute Gasteiger partial charge is 0.383 e. The molecule has 0 atom stereocenters. The molecule has 0 spiro atoms. The number of nitrogens with zero attached hydrogens (tertiary/aromatic N) is 3. The number of aryl methyl sites for hydroxylation is 1. The van der Waals surface area contributed by atoms with Gasteiger partial charge < -0.3 is 19.1 Å². The van der Waals surface area contributed by atoms with Crippen LogP contribution in [0.5, 0.6) is 0 Å². The Kier molecular flexibility index (Phi) is 11.5. The number of ether oxygens (including phenoxy) is 1. The Morgan fingerprint density at radius 1 is 1.06 bits per heavy atom. The lowest BCUT2D eigenvalue weighted by molar-refractivity contribution is -0.141. The maximum atomic E-state index is 13.5. The lowest BCUT2D eigenvalue weighted by atomic mass is 10.0. The van der Waals surface area contributed by atoms with Crippen LogP contribution in [0.25, 0.3) is 0 Å². The van der Waals surface area contributed by atoms with Gasteiger partial charge in [0.2, 0.25) is 11.8 Å². The van der Waals surface area contributed by atoms with Gasteiger partial charge in [-0.3, -0.25) is 9.59 Å². The highest BCUT2D eigenvalue weighted by molar-refractivity contribution is 5.84. The molecule has 6 nitrogen and oxygen atoms in total. The molecular formula is C30H45N3O3. The summed E-state index contributed by atoms with van der Waals surface area (Å²) < 4.78 is 7.47. The van der Waals surface area contributed by atoms with Crippen LogP contribution < -0.4 is 0 Å². The van der Waals surface area contributed by atoms with E-state index >= 15 is 0 Å². The first-order valence-corrected chi connectivity index (χ1v) is 13.7. The first kappa shape index (κ1) is 28.0. The van der Waals surface area contributed by atoms with Gasteiger partial charge in [0, 0.05) is 45.1 Å². The van der Waals surface area contributed by atoms with Gasteiger partial charge in [0.1, 0.15) is 0 Å². The molecule has 0 radical (unpaired) electrons. The molecule has 0 bridgehead atoms. The number of methoxy groups -OCH3 is 1. The van der Waals surface area contributed by atoms with E-state index in [4.69, 9.17) is 4.74 Å². The SMILES string of the molecule is CCCCN(Cc1cccn1Cc1cccc(C)c1)C(=O)CN(CCOC)C(=O)CCC1CCCC1. The fourth-order valence-electron chi connectivity index (χ4n) is 5.13. The molecule has 36 heavy (non-hydrogen) atoms. The van der Waals surface area contributed by atoms with E-state index in [2.05, 4.69) is 54.9 Å². The number of rotatable bonds is 15. The third-order valence-corrected chi connectivity index (χ3v) is 7.33. The summed E-state index contributed by atoms with van der Waals surface area (Å²) in [4.78, 5) is 30.2. The van der Waals surface area contributed by atoms with Crippen molar-refractivity contribution in [1.29, 1.82) is 0 Å². The third kappa shape index (κ3) is 8.81. The van der Waals surface area contributed by atoms with Crippen molar-refractivity contribution in [2.45, 2.75) is 78.3 Å². The second-order valence-electron chi connectivity index (χ2n) is 10.3. The smallest absolute Gasteiger partial charge is 0.242 e. The summed E-state index contributed by atoms with van der Waals surface area (Å²) in [6, 6.07) is 12.7. The van der Waals surface area contributed by atoms with Crippen LogP contribution in [0, 0.1) is 12.8 Å². The van der Waals surface area contributed by atoms with Gasteiger partial charge >= 0.3 is 0 Å². The number of amides is 2. The van der Waals surface area contributed by atoms with Crippen molar-refractivity contribution in [3.05, 3.63) is 59.4 Å². The number of hydrogen-bond acceptors (Lipinski definition) is 3. The minimum Gasteiger partial charge on any atom is -0.383 e. The highest BCUT2D eigenvalue weighted by atomic mass is 16.5. The van der Waals surface area contributed by atoms with Gasteiger partial charge in [-0.25, -0.2) is 0 Å². The Labute approximate surface area is 217 Å². The van der Waals surface area contributed by atoms with Crippen LogP contribution in [0.2, 0.25) is 0 Å². The van der Waals surface area contributed by atoms with Crippen molar-refractivity contribution >= 4 is 11.8 Å². The molecule has 2 aromatic rings. The fraction of sp³-hybridized carbons (Fsp3) is 0.600. The number of carbonyl (C=O) groups excluding carboxylic acids is 2. The van der Waals surface area contributed by atoms with Crippen LogP contribution in [0.4, 0.5) is 0 Å². The Morgan fingerprint density at radius 3 is 2.58 bits per heavy atom. The van der Waals surface area contributed by atoms with Gasteiger partial charge in [-0.2, -0.15) is 0 Å². The molecule has 1 heterocycles. The normalized spacial score (nSPS) is 13.8. The van der Waals surface area contributed by atoms with Crippen molar-refractivity contribution in [2.24, 2.45) is 5.92 Å². The Balaban J connectivity index is 1.66. The van der Waals surface area contributed by atoms with Gasteiger partial charge in [-0.1, -0.05) is 68.9 Å². The summed E-state index contributed by atoms with van der Waals surface area (Å²) in [7, 11) is 1.64. The van der Waals surface area contributed by atoms with Crippen molar-refractivity contribution < 1.29 is 14.3 Å². The molecule has 6 heteroatoms. The minimum atomic E-state index is 0.0112. The maximum Gasteiger partial charge on any atom is 0.242 e. The molecule has 1 aromatic heterocycles. The quantitative estimate of drug-likeness (QED) is 0.332. The Morgan fingerprint density at radius 2 is 1.86 bits per heavy atom. The highest BCUT2D eigenvalue weighted by Gasteiger charge is 2.23. The Hall–Kier alpha value is -2.60. The van der Waals surface area contributed by atoms with Crippen LogP contribution in [-0.2, 0) is 27.4 Å². The molecule has 1 aliphatic carbocycles. The van der Waals surface area contributed by atoms with Crippen LogP contribution in [0.3, 0.4) is 0 Å². The van der Waals surface area contributed by atoms with Crippen LogP contribution in [-0.4, -0.2) is 59.5 Å². The maximum absolute atomic E-state index is 13.5. The van der Waals surface area contributed by atoms with E-state index < -0.39 is 0 Å². The van der Waals surface area contributed by atoms with E-state index in [0.29, 0.717) is 38.6 Å². The number of hydrogen-bond donors (Lipinski definition) is 0. The number of unbranched alkanes of at least 4 members (excludes halogenated alkanes) is 1. The second-order valence-corrected chi connectivity index (χ2v) is 10.3. The molecule has 0 aliphatic heterocycles. The van der Waals surface area contributed by atoms with E-state index in [1.807, 2.05) is 11.0 Å². The highest BCUT2D eigenvalue weighted by Crippen LogP contribution is 2.28. The van der Waals surface area contributed by atoms with Crippen molar-refractivity contribution in [1.82, 2.24) is 14.4 Å². The van der Waals surface area contributed by atoms with E-state index in [0.717, 1.165) is 31.5 Å². The van der Waals surface area contributed by atoms with Gasteiger partial charge in [-0.05, 0) is 43.4 Å². The van der Waals surface area contributed by atoms with E-state index in [9.17, 15) is 9.59 Å². The molecule has 0 N–H and O–H groups in total. The first-order valence-electron chi connectivity index (χ1n) is 13.7. The zero-order chi connectivity index (χ0) is 25.8. The van der Waals surface area contributed by atoms with Crippen molar-refractivity contribution in [3.8, 4) is 0 Å². The predicted molar refractivity (Wildman–Crippen MR) is 145 cm³/mol. The van der Waals surface area contributed by atoms with Gasteiger partial charge in [0.15, 0.2) is 0 Å². The van der Waals surface area contributed by atoms with Gasteiger partial charge in [-0.15, -0.1) is 0 Å². The third-order valence-electron chi connectivity index (χ3n) is 7.33. The van der Waals surface area contributed by atoms with E-state index in [1.54, 1.807) is 12.0 Å². The lowest BCUT2D eigenvalue weighted by Crippen LogP contribution is -2.44. The molecule has 0 unspecified atom stereocenters. The van der Waals surface area contributed by atoms with Crippen LogP contribution in [0.15, 0.2) is 42.6 Å².